The topological polar surface area (TPSA) is 20.2 Å². The number of halogens is 2. The summed E-state index contributed by atoms with van der Waals surface area (Å²) in [4.78, 5) is 0. The lowest BCUT2D eigenvalue weighted by Crippen LogP contribution is -2.11. The van der Waals surface area contributed by atoms with Gasteiger partial charge in [-0.05, 0) is 25.0 Å². The molecule has 1 aromatic rings. The van der Waals surface area contributed by atoms with Crippen molar-refractivity contribution in [3.63, 3.8) is 0 Å². The summed E-state index contributed by atoms with van der Waals surface area (Å²) in [6.07, 6.45) is 2.70. The molecule has 0 spiro atoms. The predicted octanol–water partition coefficient (Wildman–Crippen LogP) is 3.35. The fourth-order valence-corrected chi connectivity index (χ4v) is 1.62. The first kappa shape index (κ1) is 12.2. The van der Waals surface area contributed by atoms with Gasteiger partial charge in [0.1, 0.15) is 5.82 Å². The van der Waals surface area contributed by atoms with Crippen LogP contribution in [0.4, 0.5) is 4.39 Å². The Balaban J connectivity index is 2.67. The maximum absolute atomic E-state index is 13.3. The molecule has 0 aromatic heterocycles. The van der Waals surface area contributed by atoms with Crippen LogP contribution in [0.5, 0.6) is 0 Å². The number of hydrogen-bond donors (Lipinski definition) is 1. The van der Waals surface area contributed by atoms with E-state index in [2.05, 4.69) is 6.58 Å². The van der Waals surface area contributed by atoms with Crippen LogP contribution in [0.15, 0.2) is 30.9 Å². The Morgan fingerprint density at radius 3 is 2.87 bits per heavy atom. The Morgan fingerprint density at radius 2 is 2.27 bits per heavy atom. The van der Waals surface area contributed by atoms with Gasteiger partial charge in [0.15, 0.2) is 0 Å². The average Bonchev–Trinajstić information content (AvgIpc) is 2.21. The van der Waals surface area contributed by atoms with Crippen molar-refractivity contribution < 1.29 is 9.50 Å². The molecule has 1 rings (SSSR count). The van der Waals surface area contributed by atoms with Crippen LogP contribution in [-0.4, -0.2) is 11.2 Å². The molecule has 0 fully saturated rings. The number of aliphatic hydroxyl groups excluding tert-OH is 1. The van der Waals surface area contributed by atoms with Gasteiger partial charge in [-0.25, -0.2) is 4.39 Å². The fourth-order valence-electron chi connectivity index (χ4n) is 1.38. The highest BCUT2D eigenvalue weighted by molar-refractivity contribution is 6.31. The molecule has 3 heteroatoms. The zero-order chi connectivity index (χ0) is 11.3. The van der Waals surface area contributed by atoms with Crippen LogP contribution in [-0.2, 0) is 6.42 Å². The standard InChI is InChI=1S/C12H14ClFO/c1-2-3-5-9(15)8-10-11(13)6-4-7-12(10)14/h2,4,6-7,9,15H,1,3,5,8H2. The minimum Gasteiger partial charge on any atom is -0.393 e. The molecular formula is C12H14ClFO. The first-order valence-electron chi connectivity index (χ1n) is 4.87. The van der Waals surface area contributed by atoms with E-state index >= 15 is 0 Å². The molecular weight excluding hydrogens is 215 g/mol. The Kier molecular flexibility index (Phi) is 4.79. The van der Waals surface area contributed by atoms with Crippen LogP contribution in [0.25, 0.3) is 0 Å². The van der Waals surface area contributed by atoms with Crippen molar-refractivity contribution >= 4 is 11.6 Å². The van der Waals surface area contributed by atoms with Crippen molar-refractivity contribution in [1.82, 2.24) is 0 Å². The van der Waals surface area contributed by atoms with Crippen molar-refractivity contribution in [2.75, 3.05) is 0 Å². The number of rotatable bonds is 5. The second-order valence-corrected chi connectivity index (χ2v) is 3.83. The Hall–Kier alpha value is -0.860. The third-order valence-electron chi connectivity index (χ3n) is 2.21. The molecule has 15 heavy (non-hydrogen) atoms. The summed E-state index contributed by atoms with van der Waals surface area (Å²) in [5.41, 5.74) is 0.385. The van der Waals surface area contributed by atoms with Crippen LogP contribution in [0.1, 0.15) is 18.4 Å². The van der Waals surface area contributed by atoms with E-state index in [9.17, 15) is 9.50 Å². The van der Waals surface area contributed by atoms with Gasteiger partial charge in [0.05, 0.1) is 6.10 Å². The first-order chi connectivity index (χ1) is 7.15. The monoisotopic (exact) mass is 228 g/mol. The number of aliphatic hydroxyl groups is 1. The molecule has 0 saturated heterocycles. The van der Waals surface area contributed by atoms with Gasteiger partial charge in [-0.3, -0.25) is 0 Å². The highest BCUT2D eigenvalue weighted by atomic mass is 35.5. The van der Waals surface area contributed by atoms with E-state index < -0.39 is 6.10 Å². The molecule has 82 valence electrons. The lowest BCUT2D eigenvalue weighted by atomic mass is 10.0. The zero-order valence-electron chi connectivity index (χ0n) is 8.42. The van der Waals surface area contributed by atoms with Gasteiger partial charge in [0.2, 0.25) is 0 Å². The summed E-state index contributed by atoms with van der Waals surface area (Å²) in [6.45, 7) is 3.56. The van der Waals surface area contributed by atoms with Gasteiger partial charge in [-0.1, -0.05) is 23.7 Å². The van der Waals surface area contributed by atoms with Gasteiger partial charge in [-0.15, -0.1) is 6.58 Å². The Bertz CT molecular complexity index is 318. The predicted molar refractivity (Wildman–Crippen MR) is 60.6 cm³/mol. The van der Waals surface area contributed by atoms with Crippen molar-refractivity contribution in [1.29, 1.82) is 0 Å². The minimum absolute atomic E-state index is 0.249. The summed E-state index contributed by atoms with van der Waals surface area (Å²) in [7, 11) is 0. The van der Waals surface area contributed by atoms with Gasteiger partial charge >= 0.3 is 0 Å². The Labute approximate surface area is 94.2 Å². The van der Waals surface area contributed by atoms with E-state index in [0.717, 1.165) is 0 Å². The summed E-state index contributed by atoms with van der Waals surface area (Å²) in [6, 6.07) is 4.53. The number of hydrogen-bond acceptors (Lipinski definition) is 1. The van der Waals surface area contributed by atoms with Crippen LogP contribution < -0.4 is 0 Å². The van der Waals surface area contributed by atoms with Crippen molar-refractivity contribution in [3.8, 4) is 0 Å². The largest absolute Gasteiger partial charge is 0.393 e. The van der Waals surface area contributed by atoms with Crippen molar-refractivity contribution in [2.24, 2.45) is 0 Å². The quantitative estimate of drug-likeness (QED) is 0.767. The lowest BCUT2D eigenvalue weighted by molar-refractivity contribution is 0.165. The molecule has 0 radical (unpaired) electrons. The molecule has 1 N–H and O–H groups in total. The maximum atomic E-state index is 13.3. The molecule has 0 heterocycles. The summed E-state index contributed by atoms with van der Waals surface area (Å²) >= 11 is 5.84. The SMILES string of the molecule is C=CCCC(O)Cc1c(F)cccc1Cl. The van der Waals surface area contributed by atoms with Crippen molar-refractivity contribution in [3.05, 3.63) is 47.3 Å². The van der Waals surface area contributed by atoms with E-state index in [-0.39, 0.29) is 12.2 Å². The average molecular weight is 229 g/mol. The number of allylic oxidation sites excluding steroid dienone is 1. The molecule has 0 saturated carbocycles. The Morgan fingerprint density at radius 1 is 1.53 bits per heavy atom. The van der Waals surface area contributed by atoms with E-state index in [4.69, 9.17) is 11.6 Å². The number of benzene rings is 1. The third kappa shape index (κ3) is 3.65. The second-order valence-electron chi connectivity index (χ2n) is 3.42. The summed E-state index contributed by atoms with van der Waals surface area (Å²) in [5.74, 6) is -0.361. The van der Waals surface area contributed by atoms with Crippen LogP contribution in [0.2, 0.25) is 5.02 Å². The first-order valence-corrected chi connectivity index (χ1v) is 5.24. The minimum atomic E-state index is -0.572. The molecule has 1 unspecified atom stereocenters. The molecule has 0 aliphatic heterocycles. The van der Waals surface area contributed by atoms with Crippen molar-refractivity contribution in [2.45, 2.75) is 25.4 Å². The molecule has 1 nitrogen and oxygen atoms in total. The van der Waals surface area contributed by atoms with E-state index in [0.29, 0.717) is 23.4 Å². The van der Waals surface area contributed by atoms with Crippen LogP contribution in [0, 0.1) is 5.82 Å². The normalized spacial score (nSPS) is 12.5. The van der Waals surface area contributed by atoms with Crippen LogP contribution >= 0.6 is 11.6 Å². The highest BCUT2D eigenvalue weighted by Gasteiger charge is 2.11. The van der Waals surface area contributed by atoms with Gasteiger partial charge < -0.3 is 5.11 Å². The van der Waals surface area contributed by atoms with E-state index in [1.807, 2.05) is 0 Å². The zero-order valence-corrected chi connectivity index (χ0v) is 9.17. The smallest absolute Gasteiger partial charge is 0.127 e. The van der Waals surface area contributed by atoms with Gasteiger partial charge in [-0.2, -0.15) is 0 Å². The maximum Gasteiger partial charge on any atom is 0.127 e. The molecule has 0 aliphatic rings. The molecule has 1 aromatic carbocycles. The van der Waals surface area contributed by atoms with Crippen LogP contribution in [0.3, 0.4) is 0 Å². The van der Waals surface area contributed by atoms with E-state index in [1.54, 1.807) is 18.2 Å². The highest BCUT2D eigenvalue weighted by Crippen LogP contribution is 2.21. The molecule has 0 bridgehead atoms. The molecule has 1 atom stereocenters. The molecule has 0 aliphatic carbocycles. The summed E-state index contributed by atoms with van der Waals surface area (Å²) < 4.78 is 13.3. The van der Waals surface area contributed by atoms with E-state index in [1.165, 1.54) is 6.07 Å². The second kappa shape index (κ2) is 5.89. The van der Waals surface area contributed by atoms with Gasteiger partial charge in [0.25, 0.3) is 0 Å². The summed E-state index contributed by atoms with van der Waals surface area (Å²) in [5, 5.41) is 9.98. The third-order valence-corrected chi connectivity index (χ3v) is 2.56. The van der Waals surface area contributed by atoms with Gasteiger partial charge in [0, 0.05) is 17.0 Å². The lowest BCUT2D eigenvalue weighted by Gasteiger charge is -2.11. The fraction of sp³-hybridized carbons (Fsp3) is 0.333. The molecule has 0 amide bonds.